The van der Waals surface area contributed by atoms with Gasteiger partial charge in [-0.2, -0.15) is 4.98 Å². The molecule has 1 aromatic carbocycles. The monoisotopic (exact) mass is 355 g/mol. The van der Waals surface area contributed by atoms with Gasteiger partial charge in [-0.05, 0) is 40.5 Å². The summed E-state index contributed by atoms with van der Waals surface area (Å²) in [7, 11) is 5.61. The Morgan fingerprint density at radius 2 is 2.15 bits per heavy atom. The first-order chi connectivity index (χ1) is 9.51. The number of nitrogens with one attached hydrogen (secondary N) is 1. The molecule has 1 heterocycles. The van der Waals surface area contributed by atoms with Crippen LogP contribution in [0.5, 0.6) is 5.88 Å². The number of rotatable bonds is 5. The Balaban J connectivity index is 2.14. The van der Waals surface area contributed by atoms with Gasteiger partial charge in [0.15, 0.2) is 5.13 Å². The van der Waals surface area contributed by atoms with E-state index in [2.05, 4.69) is 51.4 Å². The number of aryl methyl sites for hydroxylation is 1. The highest BCUT2D eigenvalue weighted by atomic mass is 79.9. The van der Waals surface area contributed by atoms with Crippen LogP contribution in [0.25, 0.3) is 0 Å². The average molecular weight is 356 g/mol. The summed E-state index contributed by atoms with van der Waals surface area (Å²) in [6, 6.07) is 6.25. The van der Waals surface area contributed by atoms with Gasteiger partial charge in [0.2, 0.25) is 5.88 Å². The van der Waals surface area contributed by atoms with Crippen molar-refractivity contribution in [1.82, 2.24) is 4.98 Å². The zero-order chi connectivity index (χ0) is 14.7. The average Bonchev–Trinajstić information content (AvgIpc) is 2.81. The molecule has 2 aromatic rings. The van der Waals surface area contributed by atoms with E-state index in [1.54, 1.807) is 18.4 Å². The van der Waals surface area contributed by atoms with Crippen molar-refractivity contribution < 1.29 is 4.74 Å². The Bertz CT molecular complexity index is 598. The zero-order valence-corrected chi connectivity index (χ0v) is 14.4. The lowest BCUT2D eigenvalue weighted by atomic mass is 10.2. The molecule has 0 radical (unpaired) electrons. The maximum absolute atomic E-state index is 5.33. The molecular formula is C14H18BrN3OS. The van der Waals surface area contributed by atoms with Crippen molar-refractivity contribution in [1.29, 1.82) is 0 Å². The third-order valence-corrected chi connectivity index (χ3v) is 4.65. The minimum absolute atomic E-state index is 0.689. The SMILES string of the molecule is COc1nc(N(C)C)sc1CNc1ccc(C)cc1Br. The molecule has 0 atom stereocenters. The minimum Gasteiger partial charge on any atom is -0.480 e. The fraction of sp³-hybridized carbons (Fsp3) is 0.357. The lowest BCUT2D eigenvalue weighted by Gasteiger charge is -2.08. The van der Waals surface area contributed by atoms with Gasteiger partial charge in [0.1, 0.15) is 0 Å². The summed E-state index contributed by atoms with van der Waals surface area (Å²) in [6.07, 6.45) is 0. The van der Waals surface area contributed by atoms with Crippen LogP contribution >= 0.6 is 27.3 Å². The molecule has 4 nitrogen and oxygen atoms in total. The van der Waals surface area contributed by atoms with Crippen molar-refractivity contribution >= 4 is 38.1 Å². The van der Waals surface area contributed by atoms with Gasteiger partial charge in [-0.3, -0.25) is 0 Å². The van der Waals surface area contributed by atoms with E-state index in [0.717, 1.165) is 20.2 Å². The maximum Gasteiger partial charge on any atom is 0.231 e. The van der Waals surface area contributed by atoms with E-state index in [-0.39, 0.29) is 0 Å². The molecule has 2 rings (SSSR count). The van der Waals surface area contributed by atoms with Crippen molar-refractivity contribution in [2.45, 2.75) is 13.5 Å². The second-order valence-electron chi connectivity index (χ2n) is 4.66. The molecule has 1 aromatic heterocycles. The Labute approximate surface area is 131 Å². The highest BCUT2D eigenvalue weighted by molar-refractivity contribution is 9.10. The maximum atomic E-state index is 5.33. The van der Waals surface area contributed by atoms with Gasteiger partial charge >= 0.3 is 0 Å². The smallest absolute Gasteiger partial charge is 0.231 e. The van der Waals surface area contributed by atoms with E-state index in [4.69, 9.17) is 4.74 Å². The Kier molecular flexibility index (Phi) is 4.88. The van der Waals surface area contributed by atoms with Crippen molar-refractivity contribution in [3.63, 3.8) is 0 Å². The number of anilines is 2. The summed E-state index contributed by atoms with van der Waals surface area (Å²) in [5, 5.41) is 4.35. The first-order valence-corrected chi connectivity index (χ1v) is 7.83. The number of hydrogen-bond donors (Lipinski definition) is 1. The first-order valence-electron chi connectivity index (χ1n) is 6.22. The van der Waals surface area contributed by atoms with Crippen LogP contribution in [-0.4, -0.2) is 26.2 Å². The van der Waals surface area contributed by atoms with Crippen LogP contribution in [0.3, 0.4) is 0 Å². The number of methoxy groups -OCH3 is 1. The number of ether oxygens (including phenoxy) is 1. The predicted molar refractivity (Wildman–Crippen MR) is 89.2 cm³/mol. The minimum atomic E-state index is 0.689. The Morgan fingerprint density at radius 1 is 1.40 bits per heavy atom. The van der Waals surface area contributed by atoms with Crippen LogP contribution in [0.1, 0.15) is 10.4 Å². The number of benzene rings is 1. The van der Waals surface area contributed by atoms with Gasteiger partial charge in [-0.15, -0.1) is 0 Å². The van der Waals surface area contributed by atoms with Gasteiger partial charge < -0.3 is 15.0 Å². The van der Waals surface area contributed by atoms with E-state index >= 15 is 0 Å². The van der Waals surface area contributed by atoms with E-state index < -0.39 is 0 Å². The number of halogens is 1. The molecule has 0 aliphatic heterocycles. The van der Waals surface area contributed by atoms with Crippen molar-refractivity contribution in [3.8, 4) is 5.88 Å². The van der Waals surface area contributed by atoms with Gasteiger partial charge in [0.25, 0.3) is 0 Å². The van der Waals surface area contributed by atoms with E-state index in [0.29, 0.717) is 12.4 Å². The topological polar surface area (TPSA) is 37.4 Å². The zero-order valence-electron chi connectivity index (χ0n) is 12.0. The molecule has 0 bridgehead atoms. The van der Waals surface area contributed by atoms with E-state index in [1.165, 1.54) is 5.56 Å². The molecule has 1 N–H and O–H groups in total. The first kappa shape index (κ1) is 15.1. The molecule has 0 saturated heterocycles. The van der Waals surface area contributed by atoms with Gasteiger partial charge in [-0.25, -0.2) is 0 Å². The standard InChI is InChI=1S/C14H18BrN3OS/c1-9-5-6-11(10(15)7-9)16-8-12-13(19-4)17-14(20-12)18(2)3/h5-7,16H,8H2,1-4H3. The summed E-state index contributed by atoms with van der Waals surface area (Å²) in [4.78, 5) is 7.52. The fourth-order valence-corrected chi connectivity index (χ4v) is 3.25. The summed E-state index contributed by atoms with van der Waals surface area (Å²) in [5.41, 5.74) is 2.30. The molecule has 0 aliphatic rings. The number of thiazole rings is 1. The van der Waals surface area contributed by atoms with Crippen LogP contribution < -0.4 is 15.0 Å². The molecule has 108 valence electrons. The molecule has 0 unspecified atom stereocenters. The number of hydrogen-bond acceptors (Lipinski definition) is 5. The second kappa shape index (κ2) is 6.45. The molecule has 0 saturated carbocycles. The van der Waals surface area contributed by atoms with Crippen LogP contribution in [-0.2, 0) is 6.54 Å². The lowest BCUT2D eigenvalue weighted by Crippen LogP contribution is -2.07. The molecular weight excluding hydrogens is 338 g/mol. The van der Waals surface area contributed by atoms with E-state index in [1.807, 2.05) is 19.0 Å². The second-order valence-corrected chi connectivity index (χ2v) is 6.58. The highest BCUT2D eigenvalue weighted by Crippen LogP contribution is 2.32. The van der Waals surface area contributed by atoms with Crippen molar-refractivity contribution in [2.75, 3.05) is 31.4 Å². The molecule has 0 fully saturated rings. The quantitative estimate of drug-likeness (QED) is 0.882. The molecule has 0 spiro atoms. The summed E-state index contributed by atoms with van der Waals surface area (Å²) >= 11 is 5.20. The largest absolute Gasteiger partial charge is 0.480 e. The third-order valence-electron chi connectivity index (χ3n) is 2.79. The fourth-order valence-electron chi connectivity index (χ4n) is 1.73. The van der Waals surface area contributed by atoms with E-state index in [9.17, 15) is 0 Å². The van der Waals surface area contributed by atoms with Crippen LogP contribution in [0, 0.1) is 6.92 Å². The lowest BCUT2D eigenvalue weighted by molar-refractivity contribution is 0.397. The molecule has 0 aliphatic carbocycles. The Hall–Kier alpha value is -1.27. The van der Waals surface area contributed by atoms with Crippen molar-refractivity contribution in [2.24, 2.45) is 0 Å². The molecule has 0 amide bonds. The van der Waals surface area contributed by atoms with Crippen LogP contribution in [0.4, 0.5) is 10.8 Å². The van der Waals surface area contributed by atoms with Gasteiger partial charge in [-0.1, -0.05) is 17.4 Å². The van der Waals surface area contributed by atoms with Gasteiger partial charge in [0.05, 0.1) is 18.5 Å². The van der Waals surface area contributed by atoms with Gasteiger partial charge in [0, 0.05) is 24.3 Å². The predicted octanol–water partition coefficient (Wildman–Crippen LogP) is 3.90. The number of aromatic nitrogens is 1. The van der Waals surface area contributed by atoms with Crippen molar-refractivity contribution in [3.05, 3.63) is 33.1 Å². The summed E-state index contributed by atoms with van der Waals surface area (Å²) in [5.74, 6) is 0.689. The van der Waals surface area contributed by atoms with Crippen LogP contribution in [0.2, 0.25) is 0 Å². The molecule has 6 heteroatoms. The third kappa shape index (κ3) is 3.43. The normalized spacial score (nSPS) is 10.4. The summed E-state index contributed by atoms with van der Waals surface area (Å²) < 4.78 is 6.40. The molecule has 20 heavy (non-hydrogen) atoms. The highest BCUT2D eigenvalue weighted by Gasteiger charge is 2.13. The summed E-state index contributed by atoms with van der Waals surface area (Å²) in [6.45, 7) is 2.76. The van der Waals surface area contributed by atoms with Crippen LogP contribution in [0.15, 0.2) is 22.7 Å². The Morgan fingerprint density at radius 3 is 2.75 bits per heavy atom. The number of nitrogens with zero attached hydrogens (tertiary/aromatic N) is 2.